The summed E-state index contributed by atoms with van der Waals surface area (Å²) in [5.74, 6) is 1.92. The number of ether oxygens (including phenoxy) is 1. The number of aryl methyl sites for hydroxylation is 1. The largest absolute Gasteiger partial charge is 0.485 e. The molecule has 0 bridgehead atoms. The summed E-state index contributed by atoms with van der Waals surface area (Å²) in [7, 11) is 0. The zero-order valence-electron chi connectivity index (χ0n) is 18.0. The van der Waals surface area contributed by atoms with Gasteiger partial charge in [-0.15, -0.1) is 0 Å². The first kappa shape index (κ1) is 20.7. The molecule has 8 heteroatoms. The number of aliphatic hydroxyl groups is 1. The standard InChI is InChI=1S/C23H31FN4O3/c1-2-21-25-23(26-31-21)28-13-16-10-18(29)20(11-17(16)14-28)30-19-7-5-6-15(22(19)24)12-27-8-3-4-9-27/h5-7,16-18,20,29H,2-4,8-14H2,1H3/t16-,17+,18+,20+/m0/s1. The van der Waals surface area contributed by atoms with E-state index in [0.29, 0.717) is 55.0 Å². The Bertz CT molecular complexity index is 901. The minimum Gasteiger partial charge on any atom is -0.485 e. The number of rotatable bonds is 6. The van der Waals surface area contributed by atoms with Crippen LogP contribution in [0.1, 0.15) is 44.1 Å². The Balaban J connectivity index is 1.25. The molecule has 7 nitrogen and oxygen atoms in total. The van der Waals surface area contributed by atoms with Gasteiger partial charge in [0.2, 0.25) is 5.89 Å². The Labute approximate surface area is 182 Å². The second-order valence-corrected chi connectivity index (χ2v) is 9.17. The van der Waals surface area contributed by atoms with Crippen molar-refractivity contribution in [3.8, 4) is 5.75 Å². The van der Waals surface area contributed by atoms with E-state index in [2.05, 4.69) is 19.9 Å². The fourth-order valence-corrected chi connectivity index (χ4v) is 5.31. The number of nitrogens with zero attached hydrogens (tertiary/aromatic N) is 4. The van der Waals surface area contributed by atoms with Crippen LogP contribution >= 0.6 is 0 Å². The summed E-state index contributed by atoms with van der Waals surface area (Å²) in [6, 6.07) is 5.35. The molecule has 1 aromatic carbocycles. The van der Waals surface area contributed by atoms with Gasteiger partial charge < -0.3 is 19.3 Å². The lowest BCUT2D eigenvalue weighted by Crippen LogP contribution is -2.42. The van der Waals surface area contributed by atoms with E-state index in [1.54, 1.807) is 6.07 Å². The molecule has 31 heavy (non-hydrogen) atoms. The highest BCUT2D eigenvalue weighted by Crippen LogP contribution is 2.39. The molecule has 3 fully saturated rings. The van der Waals surface area contributed by atoms with Gasteiger partial charge in [0.15, 0.2) is 11.6 Å². The lowest BCUT2D eigenvalue weighted by Gasteiger charge is -2.35. The van der Waals surface area contributed by atoms with Gasteiger partial charge in [-0.25, -0.2) is 4.39 Å². The van der Waals surface area contributed by atoms with Crippen LogP contribution < -0.4 is 9.64 Å². The van der Waals surface area contributed by atoms with E-state index in [4.69, 9.17) is 9.26 Å². The summed E-state index contributed by atoms with van der Waals surface area (Å²) in [4.78, 5) is 8.84. The monoisotopic (exact) mass is 430 g/mol. The van der Waals surface area contributed by atoms with Crippen LogP contribution in [0.5, 0.6) is 5.75 Å². The molecule has 3 aliphatic rings. The molecular formula is C23H31FN4O3. The van der Waals surface area contributed by atoms with Crippen LogP contribution in [0, 0.1) is 17.7 Å². The molecule has 2 aliphatic heterocycles. The average molecular weight is 431 g/mol. The molecule has 3 heterocycles. The number of halogens is 1. The van der Waals surface area contributed by atoms with Crippen molar-refractivity contribution < 1.29 is 18.8 Å². The van der Waals surface area contributed by atoms with Crippen molar-refractivity contribution in [2.75, 3.05) is 31.1 Å². The molecule has 4 atom stereocenters. The van der Waals surface area contributed by atoms with Crippen LogP contribution in [-0.2, 0) is 13.0 Å². The summed E-state index contributed by atoms with van der Waals surface area (Å²) in [6.07, 6.45) is 3.37. The molecule has 168 valence electrons. The van der Waals surface area contributed by atoms with Gasteiger partial charge in [-0.3, -0.25) is 4.90 Å². The Morgan fingerprint density at radius 3 is 2.71 bits per heavy atom. The van der Waals surface area contributed by atoms with Gasteiger partial charge >= 0.3 is 0 Å². The minimum absolute atomic E-state index is 0.250. The van der Waals surface area contributed by atoms with Gasteiger partial charge in [-0.1, -0.05) is 19.1 Å². The number of hydrogen-bond acceptors (Lipinski definition) is 7. The van der Waals surface area contributed by atoms with Gasteiger partial charge in [0.1, 0.15) is 6.10 Å². The molecule has 0 amide bonds. The number of fused-ring (bicyclic) bond motifs is 1. The van der Waals surface area contributed by atoms with Crippen LogP contribution in [0.15, 0.2) is 22.7 Å². The maximum atomic E-state index is 15.1. The quantitative estimate of drug-likeness (QED) is 0.755. The second kappa shape index (κ2) is 8.74. The molecule has 0 radical (unpaired) electrons. The fourth-order valence-electron chi connectivity index (χ4n) is 5.31. The maximum Gasteiger partial charge on any atom is 0.266 e. The van der Waals surface area contributed by atoms with Gasteiger partial charge in [0.25, 0.3) is 5.95 Å². The molecule has 0 spiro atoms. The Morgan fingerprint density at radius 2 is 1.97 bits per heavy atom. The first-order valence-corrected chi connectivity index (χ1v) is 11.5. The van der Waals surface area contributed by atoms with Crippen LogP contribution in [0.4, 0.5) is 10.3 Å². The van der Waals surface area contributed by atoms with Crippen molar-refractivity contribution in [2.24, 2.45) is 11.8 Å². The average Bonchev–Trinajstić information content (AvgIpc) is 3.51. The first-order chi connectivity index (χ1) is 15.1. The van der Waals surface area contributed by atoms with E-state index in [9.17, 15) is 5.11 Å². The number of hydrogen-bond donors (Lipinski definition) is 1. The normalized spacial score (nSPS) is 28.8. The zero-order valence-corrected chi connectivity index (χ0v) is 18.0. The van der Waals surface area contributed by atoms with Gasteiger partial charge in [0, 0.05) is 31.6 Å². The molecule has 1 N–H and O–H groups in total. The Morgan fingerprint density at radius 1 is 1.19 bits per heavy atom. The smallest absolute Gasteiger partial charge is 0.266 e. The zero-order chi connectivity index (χ0) is 21.4. The third kappa shape index (κ3) is 4.28. The topological polar surface area (TPSA) is 74.9 Å². The highest BCUT2D eigenvalue weighted by Gasteiger charge is 2.44. The lowest BCUT2D eigenvalue weighted by molar-refractivity contribution is -0.0247. The fraction of sp³-hybridized carbons (Fsp3) is 0.652. The number of likely N-dealkylation sites (tertiary alicyclic amines) is 1. The van der Waals surface area contributed by atoms with Crippen LogP contribution in [0.3, 0.4) is 0 Å². The van der Waals surface area contributed by atoms with E-state index in [-0.39, 0.29) is 11.6 Å². The van der Waals surface area contributed by atoms with E-state index in [1.807, 2.05) is 19.1 Å². The summed E-state index contributed by atoms with van der Waals surface area (Å²) in [6.45, 7) is 6.24. The van der Waals surface area contributed by atoms with Crippen molar-refractivity contribution >= 4 is 5.95 Å². The van der Waals surface area contributed by atoms with E-state index < -0.39 is 12.2 Å². The van der Waals surface area contributed by atoms with Gasteiger partial charge in [-0.05, 0) is 61.8 Å². The van der Waals surface area contributed by atoms with E-state index in [1.165, 1.54) is 12.8 Å². The van der Waals surface area contributed by atoms with Crippen molar-refractivity contribution in [1.29, 1.82) is 0 Å². The maximum absolute atomic E-state index is 15.1. The van der Waals surface area contributed by atoms with Crippen molar-refractivity contribution in [3.63, 3.8) is 0 Å². The molecule has 5 rings (SSSR count). The lowest BCUT2D eigenvalue weighted by atomic mass is 9.78. The molecule has 1 aromatic heterocycles. The third-order valence-corrected chi connectivity index (χ3v) is 7.04. The summed E-state index contributed by atoms with van der Waals surface area (Å²) >= 11 is 0. The number of benzene rings is 1. The van der Waals surface area contributed by atoms with Crippen molar-refractivity contribution in [2.45, 2.75) is 57.8 Å². The summed E-state index contributed by atoms with van der Waals surface area (Å²) < 4.78 is 26.4. The first-order valence-electron chi connectivity index (χ1n) is 11.5. The van der Waals surface area contributed by atoms with Gasteiger partial charge in [0.05, 0.1) is 6.10 Å². The predicted molar refractivity (Wildman–Crippen MR) is 113 cm³/mol. The molecule has 2 saturated heterocycles. The van der Waals surface area contributed by atoms with Crippen molar-refractivity contribution in [3.05, 3.63) is 35.5 Å². The third-order valence-electron chi connectivity index (χ3n) is 7.04. The Hall–Kier alpha value is -2.19. The minimum atomic E-state index is -0.612. The molecular weight excluding hydrogens is 399 g/mol. The summed E-state index contributed by atoms with van der Waals surface area (Å²) in [5.41, 5.74) is 0.665. The molecule has 1 aliphatic carbocycles. The van der Waals surface area contributed by atoms with E-state index in [0.717, 1.165) is 26.2 Å². The van der Waals surface area contributed by atoms with Crippen LogP contribution in [-0.4, -0.2) is 58.5 Å². The van der Waals surface area contributed by atoms with Crippen LogP contribution in [0.2, 0.25) is 0 Å². The van der Waals surface area contributed by atoms with Crippen LogP contribution in [0.25, 0.3) is 0 Å². The molecule has 0 unspecified atom stereocenters. The van der Waals surface area contributed by atoms with Gasteiger partial charge in [-0.2, -0.15) is 4.98 Å². The molecule has 2 aromatic rings. The SMILES string of the molecule is CCc1nc(N2C[C@H]3C[C@@H](Oc4cccc(CN5CCCC5)c4F)[C@H](O)C[C@H]3C2)no1. The van der Waals surface area contributed by atoms with E-state index >= 15 is 4.39 Å². The predicted octanol–water partition coefficient (Wildman–Crippen LogP) is 3.02. The number of aliphatic hydroxyl groups excluding tert-OH is 1. The highest BCUT2D eigenvalue weighted by molar-refractivity contribution is 5.33. The second-order valence-electron chi connectivity index (χ2n) is 9.17. The Kier molecular flexibility index (Phi) is 5.84. The number of aromatic nitrogens is 2. The summed E-state index contributed by atoms with van der Waals surface area (Å²) in [5, 5.41) is 14.8. The van der Waals surface area contributed by atoms with Crippen molar-refractivity contribution in [1.82, 2.24) is 15.0 Å². The molecule has 1 saturated carbocycles. The highest BCUT2D eigenvalue weighted by atomic mass is 19.1. The number of anilines is 1.